The van der Waals surface area contributed by atoms with E-state index in [-0.39, 0.29) is 19.0 Å². The van der Waals surface area contributed by atoms with E-state index in [0.29, 0.717) is 23.6 Å². The number of aromatic nitrogens is 1. The Balaban J connectivity index is 1.49. The molecule has 1 heterocycles. The van der Waals surface area contributed by atoms with Crippen LogP contribution >= 0.6 is 0 Å². The molecule has 0 unspecified atom stereocenters. The number of nitrogens with zero attached hydrogens (tertiary/aromatic N) is 2. The molecule has 0 aliphatic carbocycles. The predicted octanol–water partition coefficient (Wildman–Crippen LogP) is 3.89. The van der Waals surface area contributed by atoms with Crippen molar-refractivity contribution < 1.29 is 13.9 Å². The van der Waals surface area contributed by atoms with Crippen LogP contribution in [0.1, 0.15) is 23.4 Å². The summed E-state index contributed by atoms with van der Waals surface area (Å²) in [5.41, 5.74) is 2.28. The molecule has 0 aliphatic heterocycles. The highest BCUT2D eigenvalue weighted by Crippen LogP contribution is 2.20. The topological polar surface area (TPSA) is 76.1 Å². The molecule has 25 heavy (non-hydrogen) atoms. The lowest BCUT2D eigenvalue weighted by Crippen LogP contribution is -2.06. The molecule has 0 amide bonds. The minimum absolute atomic E-state index is 0.148. The van der Waals surface area contributed by atoms with Crippen LogP contribution in [0, 0.1) is 11.3 Å². The fraction of sp³-hybridized carbons (Fsp3) is 0.150. The normalized spacial score (nSPS) is 10.2. The number of aryl methyl sites for hydroxylation is 1. The zero-order chi connectivity index (χ0) is 17.5. The van der Waals surface area contributed by atoms with Gasteiger partial charge in [-0.3, -0.25) is 4.79 Å². The summed E-state index contributed by atoms with van der Waals surface area (Å²) >= 11 is 0. The van der Waals surface area contributed by atoms with Crippen LogP contribution in [0.25, 0.3) is 11.3 Å². The molecule has 0 N–H and O–H groups in total. The first-order valence-corrected chi connectivity index (χ1v) is 7.89. The number of oxazole rings is 1. The van der Waals surface area contributed by atoms with Crippen LogP contribution in [0.3, 0.4) is 0 Å². The molecule has 0 saturated carbocycles. The van der Waals surface area contributed by atoms with Gasteiger partial charge in [0.15, 0.2) is 11.7 Å². The number of nitriles is 1. The average Bonchev–Trinajstić information content (AvgIpc) is 3.15. The standard InChI is InChI=1S/C20H16N2O3/c21-12-15-5-4-6-16(11-15)14-24-20(23)10-9-19-22-13-18(25-19)17-7-2-1-3-8-17/h1-8,11,13H,9-10,14H2. The molecule has 0 aliphatic rings. The van der Waals surface area contributed by atoms with Gasteiger partial charge in [0.25, 0.3) is 0 Å². The maximum atomic E-state index is 11.9. The van der Waals surface area contributed by atoms with E-state index in [1.807, 2.05) is 36.4 Å². The van der Waals surface area contributed by atoms with Crippen molar-refractivity contribution in [3.05, 3.63) is 77.8 Å². The van der Waals surface area contributed by atoms with Crippen molar-refractivity contribution >= 4 is 5.97 Å². The van der Waals surface area contributed by atoms with Crippen molar-refractivity contribution in [2.24, 2.45) is 0 Å². The van der Waals surface area contributed by atoms with Gasteiger partial charge in [-0.25, -0.2) is 4.98 Å². The number of carbonyl (C=O) groups is 1. The van der Waals surface area contributed by atoms with Crippen molar-refractivity contribution in [1.82, 2.24) is 4.98 Å². The van der Waals surface area contributed by atoms with Crippen LogP contribution in [0.4, 0.5) is 0 Å². The molecule has 3 aromatic rings. The van der Waals surface area contributed by atoms with E-state index in [4.69, 9.17) is 14.4 Å². The average molecular weight is 332 g/mol. The Hall–Kier alpha value is -3.39. The summed E-state index contributed by atoms with van der Waals surface area (Å²) in [6, 6.07) is 18.7. The van der Waals surface area contributed by atoms with Gasteiger partial charge in [-0.1, -0.05) is 42.5 Å². The molecule has 0 saturated heterocycles. The Bertz CT molecular complexity index is 895. The summed E-state index contributed by atoms with van der Waals surface area (Å²) in [6.07, 6.45) is 2.22. The summed E-state index contributed by atoms with van der Waals surface area (Å²) in [5.74, 6) is 0.849. The van der Waals surface area contributed by atoms with Crippen LogP contribution in [0.5, 0.6) is 0 Å². The van der Waals surface area contributed by atoms with Crippen LogP contribution in [-0.4, -0.2) is 11.0 Å². The van der Waals surface area contributed by atoms with Gasteiger partial charge in [0.1, 0.15) is 6.61 Å². The lowest BCUT2D eigenvalue weighted by Gasteiger charge is -2.04. The minimum Gasteiger partial charge on any atom is -0.461 e. The third-order valence-corrected chi connectivity index (χ3v) is 3.61. The summed E-state index contributed by atoms with van der Waals surface area (Å²) in [4.78, 5) is 16.1. The maximum absolute atomic E-state index is 11.9. The number of rotatable bonds is 6. The first-order chi connectivity index (χ1) is 12.2. The second-order valence-electron chi connectivity index (χ2n) is 5.46. The van der Waals surface area contributed by atoms with Crippen LogP contribution in [0.15, 0.2) is 65.2 Å². The Labute approximate surface area is 145 Å². The van der Waals surface area contributed by atoms with Gasteiger partial charge in [-0.05, 0) is 17.7 Å². The first kappa shape index (κ1) is 16.5. The molecule has 0 radical (unpaired) electrons. The Morgan fingerprint density at radius 1 is 1.16 bits per heavy atom. The molecule has 2 aromatic carbocycles. The number of benzene rings is 2. The molecule has 5 nitrogen and oxygen atoms in total. The lowest BCUT2D eigenvalue weighted by molar-refractivity contribution is -0.145. The summed E-state index contributed by atoms with van der Waals surface area (Å²) < 4.78 is 10.9. The van der Waals surface area contributed by atoms with Crippen LogP contribution < -0.4 is 0 Å². The van der Waals surface area contributed by atoms with E-state index in [2.05, 4.69) is 11.1 Å². The SMILES string of the molecule is N#Cc1cccc(COC(=O)CCc2ncc(-c3ccccc3)o2)c1. The monoisotopic (exact) mass is 332 g/mol. The highest BCUT2D eigenvalue weighted by Gasteiger charge is 2.10. The smallest absolute Gasteiger partial charge is 0.306 e. The molecule has 0 spiro atoms. The largest absolute Gasteiger partial charge is 0.461 e. The molecule has 0 bridgehead atoms. The Morgan fingerprint density at radius 2 is 2.00 bits per heavy atom. The molecule has 0 fully saturated rings. The molecule has 124 valence electrons. The third-order valence-electron chi connectivity index (χ3n) is 3.61. The number of hydrogen-bond acceptors (Lipinski definition) is 5. The van der Waals surface area contributed by atoms with Gasteiger partial charge in [0, 0.05) is 12.0 Å². The van der Waals surface area contributed by atoms with E-state index in [0.717, 1.165) is 11.1 Å². The molecule has 5 heteroatoms. The van der Waals surface area contributed by atoms with Gasteiger partial charge >= 0.3 is 5.97 Å². The lowest BCUT2D eigenvalue weighted by atomic mass is 10.1. The zero-order valence-electron chi connectivity index (χ0n) is 13.5. The van der Waals surface area contributed by atoms with Crippen molar-refractivity contribution in [3.8, 4) is 17.4 Å². The van der Waals surface area contributed by atoms with E-state index in [1.165, 1.54) is 0 Å². The second kappa shape index (κ2) is 7.93. The van der Waals surface area contributed by atoms with E-state index >= 15 is 0 Å². The Kier molecular flexibility index (Phi) is 5.22. The maximum Gasteiger partial charge on any atom is 0.306 e. The van der Waals surface area contributed by atoms with Crippen LogP contribution in [0.2, 0.25) is 0 Å². The van der Waals surface area contributed by atoms with Gasteiger partial charge in [0.05, 0.1) is 24.3 Å². The third kappa shape index (κ3) is 4.55. The fourth-order valence-corrected chi connectivity index (χ4v) is 2.34. The van der Waals surface area contributed by atoms with Crippen molar-refractivity contribution in [1.29, 1.82) is 5.26 Å². The number of esters is 1. The fourth-order valence-electron chi connectivity index (χ4n) is 2.34. The molecule has 1 aromatic heterocycles. The zero-order valence-corrected chi connectivity index (χ0v) is 13.5. The van der Waals surface area contributed by atoms with Crippen LogP contribution in [-0.2, 0) is 22.6 Å². The summed E-state index contributed by atoms with van der Waals surface area (Å²) in [5, 5.41) is 8.86. The van der Waals surface area contributed by atoms with E-state index in [1.54, 1.807) is 24.4 Å². The van der Waals surface area contributed by atoms with Gasteiger partial charge in [-0.15, -0.1) is 0 Å². The van der Waals surface area contributed by atoms with E-state index in [9.17, 15) is 4.79 Å². The summed E-state index contributed by atoms with van der Waals surface area (Å²) in [6.45, 7) is 0.148. The highest BCUT2D eigenvalue weighted by atomic mass is 16.5. The van der Waals surface area contributed by atoms with Gasteiger partial charge in [0.2, 0.25) is 0 Å². The Morgan fingerprint density at radius 3 is 2.80 bits per heavy atom. The minimum atomic E-state index is -0.332. The van der Waals surface area contributed by atoms with Gasteiger partial charge in [-0.2, -0.15) is 5.26 Å². The highest BCUT2D eigenvalue weighted by molar-refractivity contribution is 5.69. The number of carbonyl (C=O) groups excluding carboxylic acids is 1. The van der Waals surface area contributed by atoms with Gasteiger partial charge < -0.3 is 9.15 Å². The van der Waals surface area contributed by atoms with Crippen molar-refractivity contribution in [3.63, 3.8) is 0 Å². The number of hydrogen-bond donors (Lipinski definition) is 0. The van der Waals surface area contributed by atoms with Crippen molar-refractivity contribution in [2.75, 3.05) is 0 Å². The second-order valence-corrected chi connectivity index (χ2v) is 5.46. The molecular formula is C20H16N2O3. The first-order valence-electron chi connectivity index (χ1n) is 7.89. The quantitative estimate of drug-likeness (QED) is 0.640. The van der Waals surface area contributed by atoms with Crippen molar-refractivity contribution in [2.45, 2.75) is 19.4 Å². The van der Waals surface area contributed by atoms with E-state index < -0.39 is 0 Å². The molecule has 3 rings (SSSR count). The summed E-state index contributed by atoms with van der Waals surface area (Å²) in [7, 11) is 0. The predicted molar refractivity (Wildman–Crippen MR) is 91.2 cm³/mol. The molecule has 0 atom stereocenters. The molecular weight excluding hydrogens is 316 g/mol. The number of ether oxygens (including phenoxy) is 1.